The van der Waals surface area contributed by atoms with Crippen molar-refractivity contribution >= 4 is 6.21 Å². The summed E-state index contributed by atoms with van der Waals surface area (Å²) in [4.78, 5) is 0. The maximum Gasteiger partial charge on any atom is 0.161 e. The monoisotopic (exact) mass is 314 g/mol. The van der Waals surface area contributed by atoms with Gasteiger partial charge in [0.15, 0.2) is 11.5 Å². The largest absolute Gasteiger partial charge is 0.496 e. The topological polar surface area (TPSA) is 52.1 Å². The number of para-hydroxylation sites is 1. The third-order valence-corrected chi connectivity index (χ3v) is 3.25. The van der Waals surface area contributed by atoms with E-state index >= 15 is 0 Å². The molecule has 1 N–H and O–H groups in total. The molecule has 2 aromatic rings. The Morgan fingerprint density at radius 3 is 2.52 bits per heavy atom. The molecule has 0 aliphatic rings. The molecule has 2 rings (SSSR count). The second kappa shape index (κ2) is 8.68. The predicted octanol–water partition coefficient (Wildman–Crippen LogP) is 3.23. The van der Waals surface area contributed by atoms with Gasteiger partial charge in [0.25, 0.3) is 0 Å². The van der Waals surface area contributed by atoms with Crippen molar-refractivity contribution in [3.63, 3.8) is 0 Å². The second-order valence-corrected chi connectivity index (χ2v) is 4.75. The quantitative estimate of drug-likeness (QED) is 0.600. The number of rotatable bonds is 8. The standard InChI is InChI=1S/C18H22N2O3/c1-4-23-18-11-14(9-10-17(18)22-3)12-19-20-13-15-7-5-6-8-16(15)21-2/h5-12,20H,4,13H2,1-3H3/b19-12-. The van der Waals surface area contributed by atoms with Crippen LogP contribution in [0.25, 0.3) is 0 Å². The fourth-order valence-corrected chi connectivity index (χ4v) is 2.14. The Morgan fingerprint density at radius 1 is 1.00 bits per heavy atom. The van der Waals surface area contributed by atoms with Crippen LogP contribution in [0.3, 0.4) is 0 Å². The molecule has 0 bridgehead atoms. The molecule has 0 fully saturated rings. The highest BCUT2D eigenvalue weighted by atomic mass is 16.5. The van der Waals surface area contributed by atoms with Gasteiger partial charge in [-0.2, -0.15) is 5.10 Å². The van der Waals surface area contributed by atoms with Crippen LogP contribution in [-0.4, -0.2) is 27.0 Å². The van der Waals surface area contributed by atoms with E-state index in [1.165, 1.54) is 0 Å². The lowest BCUT2D eigenvalue weighted by Gasteiger charge is -2.09. The summed E-state index contributed by atoms with van der Waals surface area (Å²) in [5.41, 5.74) is 5.01. The molecule has 0 saturated carbocycles. The summed E-state index contributed by atoms with van der Waals surface area (Å²) >= 11 is 0. The van der Waals surface area contributed by atoms with Crippen LogP contribution in [0.4, 0.5) is 0 Å². The van der Waals surface area contributed by atoms with Crippen LogP contribution >= 0.6 is 0 Å². The van der Waals surface area contributed by atoms with Gasteiger partial charge in [-0.3, -0.25) is 0 Å². The van der Waals surface area contributed by atoms with E-state index in [1.54, 1.807) is 20.4 Å². The van der Waals surface area contributed by atoms with Gasteiger partial charge in [-0.15, -0.1) is 0 Å². The van der Waals surface area contributed by atoms with Crippen LogP contribution in [0, 0.1) is 0 Å². The van der Waals surface area contributed by atoms with Crippen molar-refractivity contribution in [3.05, 3.63) is 53.6 Å². The molecule has 0 amide bonds. The van der Waals surface area contributed by atoms with E-state index in [4.69, 9.17) is 14.2 Å². The summed E-state index contributed by atoms with van der Waals surface area (Å²) in [6.45, 7) is 3.12. The van der Waals surface area contributed by atoms with Crippen LogP contribution < -0.4 is 19.6 Å². The van der Waals surface area contributed by atoms with E-state index in [9.17, 15) is 0 Å². The highest BCUT2D eigenvalue weighted by molar-refractivity contribution is 5.80. The Labute approximate surface area is 136 Å². The first-order valence-electron chi connectivity index (χ1n) is 7.47. The Balaban J connectivity index is 1.99. The number of ether oxygens (including phenoxy) is 3. The van der Waals surface area contributed by atoms with E-state index in [-0.39, 0.29) is 0 Å². The van der Waals surface area contributed by atoms with Crippen molar-refractivity contribution in [1.29, 1.82) is 0 Å². The molecule has 0 radical (unpaired) electrons. The summed E-state index contributed by atoms with van der Waals surface area (Å²) < 4.78 is 16.1. The summed E-state index contributed by atoms with van der Waals surface area (Å²) in [6.07, 6.45) is 1.75. The fraction of sp³-hybridized carbons (Fsp3) is 0.278. The number of methoxy groups -OCH3 is 2. The molecule has 0 spiro atoms. The molecule has 0 unspecified atom stereocenters. The molecule has 0 aromatic heterocycles. The van der Waals surface area contributed by atoms with E-state index in [1.807, 2.05) is 49.4 Å². The Morgan fingerprint density at radius 2 is 1.78 bits per heavy atom. The molecular formula is C18H22N2O3. The third kappa shape index (κ3) is 4.64. The van der Waals surface area contributed by atoms with Gasteiger partial charge in [0.2, 0.25) is 0 Å². The second-order valence-electron chi connectivity index (χ2n) is 4.75. The number of hydrazone groups is 1. The summed E-state index contributed by atoms with van der Waals surface area (Å²) in [5.74, 6) is 2.27. The molecule has 122 valence electrons. The van der Waals surface area contributed by atoms with E-state index in [2.05, 4.69) is 10.5 Å². The minimum absolute atomic E-state index is 0.586. The number of hydrogen-bond donors (Lipinski definition) is 1. The summed E-state index contributed by atoms with van der Waals surface area (Å²) in [7, 11) is 3.29. The van der Waals surface area contributed by atoms with Gasteiger partial charge in [0.05, 0.1) is 33.6 Å². The van der Waals surface area contributed by atoms with Gasteiger partial charge in [-0.25, -0.2) is 0 Å². The van der Waals surface area contributed by atoms with Crippen molar-refractivity contribution < 1.29 is 14.2 Å². The van der Waals surface area contributed by atoms with Crippen molar-refractivity contribution in [2.24, 2.45) is 5.10 Å². The lowest BCUT2D eigenvalue weighted by Crippen LogP contribution is -2.07. The average Bonchev–Trinajstić information content (AvgIpc) is 2.59. The van der Waals surface area contributed by atoms with Crippen molar-refractivity contribution in [1.82, 2.24) is 5.43 Å². The average molecular weight is 314 g/mol. The fourth-order valence-electron chi connectivity index (χ4n) is 2.14. The maximum atomic E-state index is 5.55. The molecule has 0 aliphatic heterocycles. The normalized spacial score (nSPS) is 10.6. The van der Waals surface area contributed by atoms with Gasteiger partial charge in [-0.1, -0.05) is 18.2 Å². The highest BCUT2D eigenvalue weighted by Gasteiger charge is 2.04. The lowest BCUT2D eigenvalue weighted by molar-refractivity contribution is 0.311. The van der Waals surface area contributed by atoms with Crippen molar-refractivity contribution in [3.8, 4) is 17.2 Å². The van der Waals surface area contributed by atoms with Gasteiger partial charge in [0, 0.05) is 5.56 Å². The number of hydrogen-bond acceptors (Lipinski definition) is 5. The Bertz CT molecular complexity index is 656. The van der Waals surface area contributed by atoms with Crippen LogP contribution in [0.2, 0.25) is 0 Å². The number of benzene rings is 2. The summed E-state index contributed by atoms with van der Waals surface area (Å²) in [6, 6.07) is 13.5. The maximum absolute atomic E-state index is 5.55. The third-order valence-electron chi connectivity index (χ3n) is 3.25. The zero-order valence-corrected chi connectivity index (χ0v) is 13.7. The number of nitrogens with one attached hydrogen (secondary N) is 1. The molecule has 5 heteroatoms. The van der Waals surface area contributed by atoms with Crippen molar-refractivity contribution in [2.45, 2.75) is 13.5 Å². The highest BCUT2D eigenvalue weighted by Crippen LogP contribution is 2.27. The van der Waals surface area contributed by atoms with Crippen LogP contribution in [0.15, 0.2) is 47.6 Å². The zero-order chi connectivity index (χ0) is 16.5. The van der Waals surface area contributed by atoms with Crippen LogP contribution in [0.1, 0.15) is 18.1 Å². The first-order valence-corrected chi connectivity index (χ1v) is 7.47. The minimum atomic E-state index is 0.586. The van der Waals surface area contributed by atoms with E-state index < -0.39 is 0 Å². The predicted molar refractivity (Wildman–Crippen MR) is 91.6 cm³/mol. The minimum Gasteiger partial charge on any atom is -0.496 e. The molecule has 5 nitrogen and oxygen atoms in total. The first kappa shape index (κ1) is 16.7. The molecule has 0 saturated heterocycles. The molecule has 2 aromatic carbocycles. The van der Waals surface area contributed by atoms with Gasteiger partial charge in [0.1, 0.15) is 5.75 Å². The SMILES string of the molecule is CCOc1cc(/C=N\NCc2ccccc2OC)ccc1OC. The molecular weight excluding hydrogens is 292 g/mol. The zero-order valence-electron chi connectivity index (χ0n) is 13.7. The Hall–Kier alpha value is -2.69. The van der Waals surface area contributed by atoms with Gasteiger partial charge < -0.3 is 19.6 Å². The lowest BCUT2D eigenvalue weighted by atomic mass is 10.2. The molecule has 0 atom stereocenters. The van der Waals surface area contributed by atoms with Gasteiger partial charge in [-0.05, 0) is 36.8 Å². The Kier molecular flexibility index (Phi) is 6.29. The smallest absolute Gasteiger partial charge is 0.161 e. The number of nitrogens with zero attached hydrogens (tertiary/aromatic N) is 1. The molecule has 0 heterocycles. The first-order chi connectivity index (χ1) is 11.3. The summed E-state index contributed by atoms with van der Waals surface area (Å²) in [5, 5.41) is 4.24. The van der Waals surface area contributed by atoms with Crippen LogP contribution in [-0.2, 0) is 6.54 Å². The van der Waals surface area contributed by atoms with Crippen LogP contribution in [0.5, 0.6) is 17.2 Å². The van der Waals surface area contributed by atoms with E-state index in [0.717, 1.165) is 16.9 Å². The molecule has 23 heavy (non-hydrogen) atoms. The van der Waals surface area contributed by atoms with E-state index in [0.29, 0.717) is 24.7 Å². The van der Waals surface area contributed by atoms with Gasteiger partial charge >= 0.3 is 0 Å². The molecule has 0 aliphatic carbocycles. The van der Waals surface area contributed by atoms with Crippen molar-refractivity contribution in [2.75, 3.05) is 20.8 Å².